The molecule has 0 bridgehead atoms. The van der Waals surface area contributed by atoms with Crippen LogP contribution in [0.1, 0.15) is 61.6 Å². The number of ether oxygens (including phenoxy) is 1. The van der Waals surface area contributed by atoms with Gasteiger partial charge in [-0.2, -0.15) is 0 Å². The number of halogens is 3. The molecule has 48 heavy (non-hydrogen) atoms. The van der Waals surface area contributed by atoms with Gasteiger partial charge >= 0.3 is 6.09 Å². The lowest BCUT2D eigenvalue weighted by Crippen LogP contribution is -2.21. The Morgan fingerprint density at radius 2 is 1.71 bits per heavy atom. The Kier molecular flexibility index (Phi) is 11.0. The van der Waals surface area contributed by atoms with Crippen LogP contribution in [0.4, 0.5) is 27.1 Å². The van der Waals surface area contributed by atoms with Gasteiger partial charge in [0, 0.05) is 32.2 Å². The highest BCUT2D eigenvalue weighted by Gasteiger charge is 2.23. The van der Waals surface area contributed by atoms with E-state index in [1.165, 1.54) is 29.4 Å². The van der Waals surface area contributed by atoms with Gasteiger partial charge in [-0.15, -0.1) is 10.2 Å². The Morgan fingerprint density at radius 1 is 0.958 bits per heavy atom. The number of benzene rings is 2. The molecule has 0 radical (unpaired) electrons. The van der Waals surface area contributed by atoms with Crippen molar-refractivity contribution in [2.75, 3.05) is 22.6 Å². The molecule has 5 rings (SSSR count). The number of nitrogens with zero attached hydrogens (tertiary/aromatic N) is 5. The number of nitrogens with one attached hydrogen (secondary N) is 3. The summed E-state index contributed by atoms with van der Waals surface area (Å²) < 4.78 is 3.22. The average Bonchev–Trinajstić information content (AvgIpc) is 3.50. The van der Waals surface area contributed by atoms with E-state index in [4.69, 9.17) is 44.5 Å². The minimum Gasteiger partial charge on any atom is -0.445 e. The van der Waals surface area contributed by atoms with Gasteiger partial charge in [-0.3, -0.25) is 15.4 Å². The average molecular weight is 746 g/mol. The van der Waals surface area contributed by atoms with E-state index in [1.807, 2.05) is 51.1 Å². The number of pyridine rings is 1. The van der Waals surface area contributed by atoms with E-state index in [0.29, 0.717) is 33.5 Å². The summed E-state index contributed by atoms with van der Waals surface area (Å²) in [5.74, 6) is 0.438. The molecule has 5 aromatic rings. The molecule has 11 nitrogen and oxygen atoms in total. The molecule has 0 aliphatic rings. The topological polar surface area (TPSA) is 144 Å². The number of hydrogen-bond donors (Lipinski definition) is 3. The number of carbonyl (C=O) groups is 2. The highest BCUT2D eigenvalue weighted by molar-refractivity contribution is 7.99. The number of alkyl halides is 3. The van der Waals surface area contributed by atoms with Gasteiger partial charge in [0.25, 0.3) is 5.91 Å². The Bertz CT molecular complexity index is 1940. The zero-order valence-corrected chi connectivity index (χ0v) is 30.4. The molecule has 0 aliphatic heterocycles. The fourth-order valence-corrected chi connectivity index (χ4v) is 5.99. The van der Waals surface area contributed by atoms with Gasteiger partial charge in [0.05, 0.1) is 11.1 Å². The summed E-state index contributed by atoms with van der Waals surface area (Å²) in [4.78, 5) is 40.7. The Morgan fingerprint density at radius 3 is 2.38 bits per heavy atom. The van der Waals surface area contributed by atoms with E-state index in [1.54, 1.807) is 24.3 Å². The second kappa shape index (κ2) is 14.8. The van der Waals surface area contributed by atoms with E-state index in [-0.39, 0.29) is 17.2 Å². The Labute approximate surface area is 300 Å². The molecule has 3 aromatic heterocycles. The van der Waals surface area contributed by atoms with Gasteiger partial charge in [-0.05, 0) is 60.5 Å². The third-order valence-electron chi connectivity index (χ3n) is 6.59. The Hall–Kier alpha value is -3.75. The predicted octanol–water partition coefficient (Wildman–Crippen LogP) is 9.36. The fourth-order valence-electron chi connectivity index (χ4n) is 4.14. The van der Waals surface area contributed by atoms with E-state index in [2.05, 4.69) is 50.0 Å². The van der Waals surface area contributed by atoms with Crippen molar-refractivity contribution in [1.29, 1.82) is 0 Å². The van der Waals surface area contributed by atoms with Crippen LogP contribution >= 0.6 is 57.9 Å². The van der Waals surface area contributed by atoms with Crippen LogP contribution in [0.3, 0.4) is 0 Å². The summed E-state index contributed by atoms with van der Waals surface area (Å²) in [5, 5.41) is 19.2. The van der Waals surface area contributed by atoms with Crippen LogP contribution in [-0.2, 0) is 10.2 Å². The first kappa shape index (κ1) is 35.6. The van der Waals surface area contributed by atoms with Crippen LogP contribution in [0.15, 0.2) is 70.7 Å². The molecule has 0 atom stereocenters. The molecule has 16 heteroatoms. The maximum Gasteiger partial charge on any atom is 0.411 e. The molecule has 0 unspecified atom stereocenters. The summed E-state index contributed by atoms with van der Waals surface area (Å²) in [7, 11) is 0. The molecule has 2 amide bonds. The quantitative estimate of drug-likeness (QED) is 0.125. The summed E-state index contributed by atoms with van der Waals surface area (Å²) in [6, 6.07) is 16.3. The van der Waals surface area contributed by atoms with Crippen LogP contribution in [0.5, 0.6) is 0 Å². The number of fused-ring (bicyclic) bond motifs is 1. The zero-order valence-electron chi connectivity index (χ0n) is 26.5. The second-order valence-electron chi connectivity index (χ2n) is 11.9. The molecule has 2 aromatic carbocycles. The highest BCUT2D eigenvalue weighted by Crippen LogP contribution is 2.37. The normalized spacial score (nSPS) is 11.9. The molecule has 0 saturated carbocycles. The largest absolute Gasteiger partial charge is 0.445 e. The first-order chi connectivity index (χ1) is 22.6. The molecule has 0 spiro atoms. The van der Waals surface area contributed by atoms with Crippen LogP contribution < -0.4 is 16.0 Å². The zero-order chi connectivity index (χ0) is 34.6. The number of anilines is 4. The monoisotopic (exact) mass is 744 g/mol. The second-order valence-corrected chi connectivity index (χ2v) is 16.5. The predicted molar refractivity (Wildman–Crippen MR) is 194 cm³/mol. The van der Waals surface area contributed by atoms with Crippen LogP contribution in [0.2, 0.25) is 0 Å². The number of amides is 2. The number of aromatic nitrogens is 5. The molecule has 3 N–H and O–H groups in total. The maximum atomic E-state index is 13.4. The third kappa shape index (κ3) is 9.44. The van der Waals surface area contributed by atoms with Gasteiger partial charge in [-0.25, -0.2) is 19.7 Å². The lowest BCUT2D eigenvalue weighted by atomic mass is 9.98. The number of carbonyl (C=O) groups excluding carboxylic acids is 2. The highest BCUT2D eigenvalue weighted by atomic mass is 35.6. The van der Waals surface area contributed by atoms with Crippen LogP contribution in [-0.4, -0.2) is 47.5 Å². The molecule has 0 aliphatic carbocycles. The van der Waals surface area contributed by atoms with Crippen LogP contribution in [0, 0.1) is 0 Å². The van der Waals surface area contributed by atoms with E-state index in [9.17, 15) is 9.59 Å². The standard InChI is InChI=1S/C32H31Cl3N8O3S2/c1-17(2)22-12-11-21-25(39-22)36-16-37-26(21)40-23-14-18(27(44)41-29-43-42-28(48-29)31(3,4)5)6-13-24(23)47-20-9-7-19(8-10-20)38-30(45)46-15-32(33,34)35/h6-14,16-17H,15H2,1-5H3,(H,38,45)(H,41,43,44)(H,36,37,39,40). The maximum absolute atomic E-state index is 13.4. The fraction of sp³-hybridized carbons (Fsp3) is 0.281. The van der Waals surface area contributed by atoms with Gasteiger partial charge in [0.1, 0.15) is 23.8 Å². The van der Waals surface area contributed by atoms with Crippen molar-refractivity contribution in [3.05, 3.63) is 77.2 Å². The minimum absolute atomic E-state index is 0.189. The molecule has 0 saturated heterocycles. The number of hydrogen-bond acceptors (Lipinski definition) is 11. The Balaban J connectivity index is 1.42. The molecule has 250 valence electrons. The summed E-state index contributed by atoms with van der Waals surface area (Å²) in [5.41, 5.74) is 2.82. The van der Waals surface area contributed by atoms with Crippen molar-refractivity contribution in [3.8, 4) is 0 Å². The summed E-state index contributed by atoms with van der Waals surface area (Å²) in [6.07, 6.45) is 0.703. The molecule has 0 fully saturated rings. The van der Waals surface area contributed by atoms with Crippen molar-refractivity contribution in [2.24, 2.45) is 0 Å². The van der Waals surface area contributed by atoms with E-state index >= 15 is 0 Å². The van der Waals surface area contributed by atoms with Crippen molar-refractivity contribution < 1.29 is 14.3 Å². The van der Waals surface area contributed by atoms with Crippen molar-refractivity contribution in [2.45, 2.75) is 59.5 Å². The summed E-state index contributed by atoms with van der Waals surface area (Å²) >= 11 is 19.7. The van der Waals surface area contributed by atoms with Gasteiger partial charge in [0.15, 0.2) is 5.65 Å². The first-order valence-corrected chi connectivity index (χ1v) is 17.4. The van der Waals surface area contributed by atoms with Crippen LogP contribution in [0.25, 0.3) is 11.0 Å². The lowest BCUT2D eigenvalue weighted by molar-refractivity contribution is 0.102. The number of rotatable bonds is 9. The van der Waals surface area contributed by atoms with Gasteiger partial charge < -0.3 is 10.1 Å². The van der Waals surface area contributed by atoms with Crippen molar-refractivity contribution >= 4 is 103 Å². The van der Waals surface area contributed by atoms with Gasteiger partial charge in [-0.1, -0.05) is 92.5 Å². The third-order valence-corrected chi connectivity index (χ3v) is 9.26. The van der Waals surface area contributed by atoms with Crippen molar-refractivity contribution in [1.82, 2.24) is 25.1 Å². The van der Waals surface area contributed by atoms with Gasteiger partial charge in [0.2, 0.25) is 8.92 Å². The first-order valence-electron chi connectivity index (χ1n) is 14.6. The SMILES string of the molecule is CC(C)c1ccc2c(Nc3cc(C(=O)Nc4nnc(C(C)(C)C)s4)ccc3Sc3ccc(NC(=O)OCC(Cl)(Cl)Cl)cc3)ncnc2n1. The summed E-state index contributed by atoms with van der Waals surface area (Å²) in [6.45, 7) is 9.86. The molecular weight excluding hydrogens is 715 g/mol. The molecule has 3 heterocycles. The van der Waals surface area contributed by atoms with E-state index < -0.39 is 16.5 Å². The smallest absolute Gasteiger partial charge is 0.411 e. The molecular formula is C32H31Cl3N8O3S2. The van der Waals surface area contributed by atoms with Crippen molar-refractivity contribution in [3.63, 3.8) is 0 Å². The lowest BCUT2D eigenvalue weighted by Gasteiger charge is -2.15. The minimum atomic E-state index is -1.71. The van der Waals surface area contributed by atoms with E-state index in [0.717, 1.165) is 25.9 Å².